The Morgan fingerprint density at radius 3 is 2.33 bits per heavy atom. The normalized spacial score (nSPS) is 12.6. The Kier molecular flexibility index (Phi) is 7.28. The van der Waals surface area contributed by atoms with Crippen LogP contribution in [0.25, 0.3) is 5.69 Å². The molecule has 1 aromatic heterocycles. The summed E-state index contributed by atoms with van der Waals surface area (Å²) in [6.45, 7) is 6.72. The monoisotopic (exact) mass is 501 g/mol. The zero-order chi connectivity index (χ0) is 26.8. The van der Waals surface area contributed by atoms with Crippen molar-refractivity contribution >= 4 is 17.6 Å². The van der Waals surface area contributed by atoms with Crippen molar-refractivity contribution in [2.45, 2.75) is 45.5 Å². The summed E-state index contributed by atoms with van der Waals surface area (Å²) in [5, 5.41) is 2.62. The van der Waals surface area contributed by atoms with Crippen LogP contribution in [0, 0.1) is 0 Å². The molecule has 0 radical (unpaired) electrons. The van der Waals surface area contributed by atoms with E-state index in [-0.39, 0.29) is 22.4 Å². The zero-order valence-corrected chi connectivity index (χ0v) is 20.1. The van der Waals surface area contributed by atoms with Gasteiger partial charge in [0.2, 0.25) is 0 Å². The number of hydrogen-bond donors (Lipinski definition) is 2. The molecule has 7 nitrogen and oxygen atoms in total. The molecule has 0 bridgehead atoms. The first-order chi connectivity index (χ1) is 16.6. The summed E-state index contributed by atoms with van der Waals surface area (Å²) >= 11 is 0. The van der Waals surface area contributed by atoms with E-state index < -0.39 is 40.8 Å². The molecule has 1 atom stereocenters. The molecule has 190 valence electrons. The molecule has 2 aromatic carbocycles. The second-order valence-corrected chi connectivity index (χ2v) is 9.26. The van der Waals surface area contributed by atoms with Gasteiger partial charge in [-0.15, -0.1) is 0 Å². The molecular formula is C26H26F3N3O4. The molecule has 36 heavy (non-hydrogen) atoms. The zero-order valence-electron chi connectivity index (χ0n) is 20.1. The van der Waals surface area contributed by atoms with Gasteiger partial charge >= 0.3 is 12.1 Å². The number of esters is 1. The molecular weight excluding hydrogens is 475 g/mol. The summed E-state index contributed by atoms with van der Waals surface area (Å²) in [4.78, 5) is 37.8. The Bertz CT molecular complexity index is 1360. The summed E-state index contributed by atoms with van der Waals surface area (Å²) in [6.07, 6.45) is -3.30. The van der Waals surface area contributed by atoms with E-state index >= 15 is 0 Å². The molecule has 0 fully saturated rings. The highest BCUT2D eigenvalue weighted by molar-refractivity contribution is 5.94. The Labute approximate surface area is 205 Å². The lowest BCUT2D eigenvalue weighted by atomic mass is 10.0. The molecule has 1 amide bonds. The van der Waals surface area contributed by atoms with E-state index in [0.717, 1.165) is 12.1 Å². The second kappa shape index (κ2) is 9.88. The summed E-state index contributed by atoms with van der Waals surface area (Å²) in [5.41, 5.74) is 4.27. The van der Waals surface area contributed by atoms with Gasteiger partial charge in [-0.25, -0.2) is 4.79 Å². The summed E-state index contributed by atoms with van der Waals surface area (Å²) < 4.78 is 46.0. The van der Waals surface area contributed by atoms with Crippen LogP contribution in [0.3, 0.4) is 0 Å². The Morgan fingerprint density at radius 1 is 1.00 bits per heavy atom. The minimum atomic E-state index is -4.59. The number of halogens is 3. The lowest BCUT2D eigenvalue weighted by Gasteiger charge is -2.20. The molecule has 0 saturated heterocycles. The van der Waals surface area contributed by atoms with Crippen molar-refractivity contribution in [1.29, 1.82) is 0 Å². The van der Waals surface area contributed by atoms with Crippen LogP contribution in [0.4, 0.5) is 18.9 Å². The number of aromatic nitrogens is 1. The van der Waals surface area contributed by atoms with Crippen molar-refractivity contribution in [2.24, 2.45) is 0 Å². The van der Waals surface area contributed by atoms with Crippen molar-refractivity contribution in [3.05, 3.63) is 93.4 Å². The van der Waals surface area contributed by atoms with E-state index in [1.54, 1.807) is 39.0 Å². The van der Waals surface area contributed by atoms with E-state index in [4.69, 9.17) is 10.5 Å². The number of hydrogen-bond acceptors (Lipinski definition) is 5. The number of anilines is 1. The first kappa shape index (κ1) is 26.5. The van der Waals surface area contributed by atoms with Crippen molar-refractivity contribution in [3.8, 4) is 5.69 Å². The number of nitrogens with zero attached hydrogens (tertiary/aromatic N) is 1. The molecule has 3 aromatic rings. The highest BCUT2D eigenvalue weighted by Gasteiger charge is 2.31. The molecule has 0 saturated carbocycles. The maximum atomic E-state index is 13.1. The minimum Gasteiger partial charge on any atom is -0.456 e. The second-order valence-electron chi connectivity index (χ2n) is 9.26. The number of carbonyl (C=O) groups is 2. The quantitative estimate of drug-likeness (QED) is 0.383. The molecule has 3 N–H and O–H groups in total. The largest absolute Gasteiger partial charge is 0.456 e. The fraction of sp³-hybridized carbons (Fsp3) is 0.269. The van der Waals surface area contributed by atoms with Gasteiger partial charge in [0.25, 0.3) is 11.5 Å². The van der Waals surface area contributed by atoms with Gasteiger partial charge in [-0.2, -0.15) is 13.2 Å². The van der Waals surface area contributed by atoms with Crippen LogP contribution in [0.5, 0.6) is 0 Å². The van der Waals surface area contributed by atoms with Gasteiger partial charge < -0.3 is 15.8 Å². The Hall–Kier alpha value is -4.08. The molecule has 0 aliphatic carbocycles. The summed E-state index contributed by atoms with van der Waals surface area (Å²) in [5.74, 6) is -1.18. The van der Waals surface area contributed by atoms with E-state index in [2.05, 4.69) is 5.32 Å². The number of nitrogens with two attached hydrogens (primary N) is 1. The number of ether oxygens (including phenoxy) is 1. The molecule has 0 aliphatic heterocycles. The number of benzene rings is 2. The van der Waals surface area contributed by atoms with Gasteiger partial charge in [-0.05, 0) is 75.7 Å². The fourth-order valence-electron chi connectivity index (χ4n) is 3.40. The van der Waals surface area contributed by atoms with Crippen LogP contribution < -0.4 is 16.6 Å². The number of nitrogen functional groups attached to an aromatic ring is 1. The van der Waals surface area contributed by atoms with Gasteiger partial charge in [0.15, 0.2) is 0 Å². The SMILES string of the molecule is C[C@@H](NC(=O)c1ccc(=O)n(-c2cccc(C(=O)OC(C)(C)C)c2)c1)c1cc(N)cc(C(F)(F)F)c1. The number of amides is 1. The molecule has 1 heterocycles. The van der Waals surface area contributed by atoms with Gasteiger partial charge in [-0.3, -0.25) is 14.2 Å². The average Bonchev–Trinajstić information content (AvgIpc) is 2.77. The van der Waals surface area contributed by atoms with Crippen LogP contribution in [0.1, 0.15) is 65.6 Å². The lowest BCUT2D eigenvalue weighted by Crippen LogP contribution is -2.29. The number of pyridine rings is 1. The predicted molar refractivity (Wildman–Crippen MR) is 129 cm³/mol. The van der Waals surface area contributed by atoms with Gasteiger partial charge in [0.1, 0.15) is 5.60 Å². The number of carbonyl (C=O) groups excluding carboxylic acids is 2. The van der Waals surface area contributed by atoms with Gasteiger partial charge in [0.05, 0.1) is 22.7 Å². The third-order valence-electron chi connectivity index (χ3n) is 5.08. The van der Waals surface area contributed by atoms with Crippen LogP contribution in [-0.4, -0.2) is 22.0 Å². The van der Waals surface area contributed by atoms with E-state index in [9.17, 15) is 27.6 Å². The van der Waals surface area contributed by atoms with E-state index in [1.165, 1.54) is 42.0 Å². The molecule has 10 heteroatoms. The molecule has 0 unspecified atom stereocenters. The van der Waals surface area contributed by atoms with Crippen LogP contribution in [0.15, 0.2) is 65.6 Å². The van der Waals surface area contributed by atoms with Crippen LogP contribution >= 0.6 is 0 Å². The Morgan fingerprint density at radius 2 is 1.69 bits per heavy atom. The van der Waals surface area contributed by atoms with Crippen molar-refractivity contribution < 1.29 is 27.5 Å². The maximum Gasteiger partial charge on any atom is 0.416 e. The highest BCUT2D eigenvalue weighted by atomic mass is 19.4. The predicted octanol–water partition coefficient (Wildman–Crippen LogP) is 4.88. The first-order valence-electron chi connectivity index (χ1n) is 11.0. The number of rotatable bonds is 5. The first-order valence-corrected chi connectivity index (χ1v) is 11.0. The standard InChI is InChI=1S/C26H26F3N3O4/c1-15(18-10-19(26(27,28)29)13-20(30)11-18)31-23(34)17-8-9-22(33)32(14-17)21-7-5-6-16(12-21)24(35)36-25(2,3)4/h5-15H,30H2,1-4H3,(H,31,34)/t15-/m1/s1. The van der Waals surface area contributed by atoms with Crippen molar-refractivity contribution in [1.82, 2.24) is 9.88 Å². The van der Waals surface area contributed by atoms with Crippen LogP contribution in [0.2, 0.25) is 0 Å². The fourth-order valence-corrected chi connectivity index (χ4v) is 3.40. The lowest BCUT2D eigenvalue weighted by molar-refractivity contribution is -0.137. The molecule has 0 aliphatic rings. The average molecular weight is 502 g/mol. The summed E-state index contributed by atoms with van der Waals surface area (Å²) in [6, 6.07) is 10.9. The van der Waals surface area contributed by atoms with Gasteiger partial charge in [-0.1, -0.05) is 6.07 Å². The smallest absolute Gasteiger partial charge is 0.416 e. The van der Waals surface area contributed by atoms with Crippen molar-refractivity contribution in [3.63, 3.8) is 0 Å². The number of nitrogens with one attached hydrogen (secondary N) is 1. The molecule has 3 rings (SSSR count). The highest BCUT2D eigenvalue weighted by Crippen LogP contribution is 2.32. The van der Waals surface area contributed by atoms with E-state index in [1.807, 2.05) is 0 Å². The van der Waals surface area contributed by atoms with E-state index in [0.29, 0.717) is 5.69 Å². The maximum absolute atomic E-state index is 13.1. The van der Waals surface area contributed by atoms with Gasteiger partial charge in [0, 0.05) is 23.6 Å². The third kappa shape index (κ3) is 6.53. The summed E-state index contributed by atoms with van der Waals surface area (Å²) in [7, 11) is 0. The third-order valence-corrected chi connectivity index (χ3v) is 5.08. The Balaban J connectivity index is 1.87. The van der Waals surface area contributed by atoms with Crippen LogP contribution in [-0.2, 0) is 10.9 Å². The number of alkyl halides is 3. The minimum absolute atomic E-state index is 0.0839. The van der Waals surface area contributed by atoms with Crippen molar-refractivity contribution in [2.75, 3.05) is 5.73 Å². The molecule has 0 spiro atoms. The topological polar surface area (TPSA) is 103 Å².